The third-order valence-corrected chi connectivity index (χ3v) is 4.83. The van der Waals surface area contributed by atoms with Gasteiger partial charge in [-0.25, -0.2) is 0 Å². The zero-order valence-electron chi connectivity index (χ0n) is 15.4. The van der Waals surface area contributed by atoms with Gasteiger partial charge in [0.05, 0.1) is 5.92 Å². The molecular weight excluding hydrogens is 402 g/mol. The summed E-state index contributed by atoms with van der Waals surface area (Å²) < 4.78 is 40.4. The van der Waals surface area contributed by atoms with Crippen LogP contribution < -0.4 is 10.6 Å². The first-order valence-electron chi connectivity index (χ1n) is 8.75. The molecule has 1 saturated heterocycles. The van der Waals surface area contributed by atoms with Crippen LogP contribution >= 0.6 is 24.0 Å². The first kappa shape index (κ1) is 24.0. The van der Waals surface area contributed by atoms with Gasteiger partial charge in [-0.05, 0) is 23.6 Å². The maximum atomic E-state index is 13.5. The Hall–Kier alpha value is -1.02. The van der Waals surface area contributed by atoms with Gasteiger partial charge in [-0.2, -0.15) is 13.2 Å². The van der Waals surface area contributed by atoms with Crippen molar-refractivity contribution in [3.63, 3.8) is 0 Å². The van der Waals surface area contributed by atoms with E-state index in [0.29, 0.717) is 36.8 Å². The van der Waals surface area contributed by atoms with Crippen molar-refractivity contribution in [2.75, 3.05) is 32.7 Å². The van der Waals surface area contributed by atoms with Gasteiger partial charge in [0.2, 0.25) is 5.91 Å². The van der Waals surface area contributed by atoms with Crippen molar-refractivity contribution in [2.24, 2.45) is 5.92 Å². The second kappa shape index (κ2) is 10.5. The molecule has 2 rings (SSSR count). The number of nitrogens with one attached hydrogen (secondary N) is 2. The molecule has 0 aliphatic carbocycles. The maximum Gasteiger partial charge on any atom is 0.405 e. The Balaban J connectivity index is 0.00000364. The predicted octanol–water partition coefficient (Wildman–Crippen LogP) is 3.45. The first-order chi connectivity index (χ1) is 12.2. The molecule has 1 aromatic rings. The number of hydrogen-bond acceptors (Lipinski definition) is 3. The lowest BCUT2D eigenvalue weighted by molar-refractivity contribution is -0.184. The van der Waals surface area contributed by atoms with E-state index in [1.807, 2.05) is 13.8 Å². The molecule has 4 nitrogen and oxygen atoms in total. The molecule has 1 amide bonds. The molecule has 0 radical (unpaired) electrons. The molecule has 154 valence electrons. The highest BCUT2D eigenvalue weighted by atomic mass is 35.5. The molecule has 1 aromatic carbocycles. The normalized spacial score (nSPS) is 17.9. The number of rotatable bonds is 6. The van der Waals surface area contributed by atoms with Crippen LogP contribution in [0.3, 0.4) is 0 Å². The van der Waals surface area contributed by atoms with E-state index in [4.69, 9.17) is 11.6 Å². The van der Waals surface area contributed by atoms with Crippen LogP contribution in [0.15, 0.2) is 24.3 Å². The fourth-order valence-electron chi connectivity index (χ4n) is 3.29. The van der Waals surface area contributed by atoms with Gasteiger partial charge >= 0.3 is 6.18 Å². The topological polar surface area (TPSA) is 44.4 Å². The van der Waals surface area contributed by atoms with E-state index in [1.54, 1.807) is 24.3 Å². The van der Waals surface area contributed by atoms with E-state index < -0.39 is 30.6 Å². The fraction of sp³-hybridized carbons (Fsp3) is 0.611. The van der Waals surface area contributed by atoms with Gasteiger partial charge in [-0.3, -0.25) is 9.69 Å². The molecule has 2 N–H and O–H groups in total. The van der Waals surface area contributed by atoms with E-state index in [2.05, 4.69) is 10.6 Å². The summed E-state index contributed by atoms with van der Waals surface area (Å²) in [5.74, 6) is -1.03. The summed E-state index contributed by atoms with van der Waals surface area (Å²) in [7, 11) is 0. The van der Waals surface area contributed by atoms with Crippen LogP contribution in [-0.4, -0.2) is 55.7 Å². The number of amides is 1. The largest absolute Gasteiger partial charge is 0.405 e. The first-order valence-corrected chi connectivity index (χ1v) is 9.12. The third-order valence-electron chi connectivity index (χ3n) is 4.60. The molecule has 0 saturated carbocycles. The summed E-state index contributed by atoms with van der Waals surface area (Å²) in [5, 5.41) is 6.05. The number of piperazine rings is 1. The Kier molecular flexibility index (Phi) is 9.34. The SMILES string of the molecule is CC(C)C(C(=O)NCC(N1CCNCC1)C(F)(F)F)c1cccc(Cl)c1.Cl. The van der Waals surface area contributed by atoms with Crippen LogP contribution in [0.25, 0.3) is 0 Å². The number of nitrogens with zero attached hydrogens (tertiary/aromatic N) is 1. The number of halogens is 5. The standard InChI is InChI=1S/C18H25ClF3N3O.ClH/c1-12(2)16(13-4-3-5-14(19)10-13)17(26)24-11-15(18(20,21)22)25-8-6-23-7-9-25;/h3-5,10,12,15-16,23H,6-9,11H2,1-2H3,(H,24,26);1H. The smallest absolute Gasteiger partial charge is 0.354 e. The lowest BCUT2D eigenvalue weighted by Crippen LogP contribution is -2.57. The molecule has 0 spiro atoms. The number of alkyl halides is 3. The minimum absolute atomic E-state index is 0. The van der Waals surface area contributed by atoms with Crippen molar-refractivity contribution in [2.45, 2.75) is 32.0 Å². The number of hydrogen-bond donors (Lipinski definition) is 2. The molecule has 9 heteroatoms. The van der Waals surface area contributed by atoms with Gasteiger partial charge < -0.3 is 10.6 Å². The quantitative estimate of drug-likeness (QED) is 0.730. The minimum Gasteiger partial charge on any atom is -0.354 e. The second-order valence-corrected chi connectivity index (χ2v) is 7.30. The summed E-state index contributed by atoms with van der Waals surface area (Å²) in [5.41, 5.74) is 0.704. The van der Waals surface area contributed by atoms with Gasteiger partial charge in [0, 0.05) is 37.7 Å². The Labute approximate surface area is 169 Å². The van der Waals surface area contributed by atoms with Crippen LogP contribution in [0.5, 0.6) is 0 Å². The molecule has 2 atom stereocenters. The van der Waals surface area contributed by atoms with Crippen LogP contribution in [0.4, 0.5) is 13.2 Å². The number of carbonyl (C=O) groups is 1. The Morgan fingerprint density at radius 2 is 1.93 bits per heavy atom. The summed E-state index contributed by atoms with van der Waals surface area (Å²) in [6.07, 6.45) is -4.39. The molecule has 27 heavy (non-hydrogen) atoms. The van der Waals surface area contributed by atoms with Gasteiger partial charge in [0.25, 0.3) is 0 Å². The molecule has 1 fully saturated rings. The van der Waals surface area contributed by atoms with Gasteiger partial charge in [0.15, 0.2) is 0 Å². The summed E-state index contributed by atoms with van der Waals surface area (Å²) in [6, 6.07) is 5.21. The highest BCUT2D eigenvalue weighted by Crippen LogP contribution is 2.28. The van der Waals surface area contributed by atoms with Crippen LogP contribution in [0.2, 0.25) is 5.02 Å². The van der Waals surface area contributed by atoms with Crippen LogP contribution in [0.1, 0.15) is 25.3 Å². The predicted molar refractivity (Wildman–Crippen MR) is 104 cm³/mol. The molecule has 0 bridgehead atoms. The zero-order chi connectivity index (χ0) is 19.3. The van der Waals surface area contributed by atoms with E-state index in [-0.39, 0.29) is 18.3 Å². The van der Waals surface area contributed by atoms with Gasteiger partial charge in [-0.1, -0.05) is 37.6 Å². The summed E-state index contributed by atoms with van der Waals surface area (Å²) in [4.78, 5) is 14.0. The highest BCUT2D eigenvalue weighted by molar-refractivity contribution is 6.30. The average molecular weight is 428 g/mol. The monoisotopic (exact) mass is 427 g/mol. The van der Waals surface area contributed by atoms with E-state index >= 15 is 0 Å². The molecule has 1 aliphatic heterocycles. The van der Waals surface area contributed by atoms with Crippen molar-refractivity contribution in [1.82, 2.24) is 15.5 Å². The molecular formula is C18H26Cl2F3N3O. The molecule has 2 unspecified atom stereocenters. The molecule has 1 heterocycles. The minimum atomic E-state index is -4.39. The maximum absolute atomic E-state index is 13.5. The lowest BCUT2D eigenvalue weighted by Gasteiger charge is -2.36. The number of carbonyl (C=O) groups excluding carboxylic acids is 1. The number of benzene rings is 1. The molecule has 0 aromatic heterocycles. The Morgan fingerprint density at radius 3 is 2.44 bits per heavy atom. The van der Waals surface area contributed by atoms with E-state index in [0.717, 1.165) is 0 Å². The Morgan fingerprint density at radius 1 is 1.30 bits per heavy atom. The second-order valence-electron chi connectivity index (χ2n) is 6.87. The van der Waals surface area contributed by atoms with E-state index in [9.17, 15) is 18.0 Å². The van der Waals surface area contributed by atoms with E-state index in [1.165, 1.54) is 4.90 Å². The zero-order valence-corrected chi connectivity index (χ0v) is 16.9. The van der Waals surface area contributed by atoms with Crippen molar-refractivity contribution >= 4 is 29.9 Å². The van der Waals surface area contributed by atoms with Crippen molar-refractivity contribution in [1.29, 1.82) is 0 Å². The van der Waals surface area contributed by atoms with Crippen molar-refractivity contribution in [3.05, 3.63) is 34.9 Å². The Bertz CT molecular complexity index is 608. The molecule has 1 aliphatic rings. The van der Waals surface area contributed by atoms with Gasteiger partial charge in [-0.15, -0.1) is 12.4 Å². The highest BCUT2D eigenvalue weighted by Gasteiger charge is 2.44. The van der Waals surface area contributed by atoms with Crippen molar-refractivity contribution in [3.8, 4) is 0 Å². The van der Waals surface area contributed by atoms with Crippen LogP contribution in [0, 0.1) is 5.92 Å². The lowest BCUT2D eigenvalue weighted by atomic mass is 9.87. The fourth-order valence-corrected chi connectivity index (χ4v) is 3.49. The van der Waals surface area contributed by atoms with Crippen LogP contribution in [-0.2, 0) is 4.79 Å². The summed E-state index contributed by atoms with van der Waals surface area (Å²) in [6.45, 7) is 4.91. The van der Waals surface area contributed by atoms with Crippen molar-refractivity contribution < 1.29 is 18.0 Å². The average Bonchev–Trinajstić information content (AvgIpc) is 2.54. The van der Waals surface area contributed by atoms with Gasteiger partial charge in [0.1, 0.15) is 6.04 Å². The summed E-state index contributed by atoms with van der Waals surface area (Å²) >= 11 is 5.99. The third kappa shape index (κ3) is 6.82.